The van der Waals surface area contributed by atoms with Crippen molar-refractivity contribution in [3.8, 4) is 17.3 Å². The van der Waals surface area contributed by atoms with Gasteiger partial charge in [0.2, 0.25) is 5.91 Å². The number of aryl methyl sites for hydroxylation is 2. The zero-order chi connectivity index (χ0) is 20.3. The number of aromatic nitrogens is 3. The minimum Gasteiger partial charge on any atom is -0.325 e. The average Bonchev–Trinajstić information content (AvgIpc) is 3.12. The van der Waals surface area contributed by atoms with Gasteiger partial charge in [0.15, 0.2) is 0 Å². The third kappa shape index (κ3) is 3.92. The average molecular weight is 395 g/mol. The van der Waals surface area contributed by atoms with Crippen LogP contribution in [0.3, 0.4) is 0 Å². The van der Waals surface area contributed by atoms with Gasteiger partial charge < -0.3 is 5.32 Å². The number of thiazole rings is 1. The van der Waals surface area contributed by atoms with Gasteiger partial charge in [-0.05, 0) is 26.0 Å². The molecule has 0 aliphatic carbocycles. The highest BCUT2D eigenvalue weighted by Gasteiger charge is 2.14. The lowest BCUT2D eigenvalue weighted by molar-refractivity contribution is -0.116. The van der Waals surface area contributed by atoms with Crippen LogP contribution in [-0.4, -0.2) is 20.0 Å². The van der Waals surface area contributed by atoms with E-state index in [1.54, 1.807) is 31.2 Å². The molecule has 2 aromatic heterocycles. The van der Waals surface area contributed by atoms with E-state index < -0.39 is 23.7 Å². The SMILES string of the molecule is CCn1cc(C#N)c(=O)n(CC(=O)Nc2cccc(-c3csc(C)n3)c2)c1=O. The Labute approximate surface area is 164 Å². The molecule has 2 heterocycles. The van der Waals surface area contributed by atoms with Crippen molar-refractivity contribution in [1.29, 1.82) is 5.26 Å². The van der Waals surface area contributed by atoms with Gasteiger partial charge in [0.1, 0.15) is 18.2 Å². The monoisotopic (exact) mass is 395 g/mol. The number of hydrogen-bond acceptors (Lipinski definition) is 6. The summed E-state index contributed by atoms with van der Waals surface area (Å²) in [5.41, 5.74) is 0.581. The molecule has 9 heteroatoms. The molecule has 0 radical (unpaired) electrons. The van der Waals surface area contributed by atoms with Gasteiger partial charge in [-0.2, -0.15) is 5.26 Å². The zero-order valence-electron chi connectivity index (χ0n) is 15.3. The van der Waals surface area contributed by atoms with E-state index in [4.69, 9.17) is 5.26 Å². The van der Waals surface area contributed by atoms with Crippen molar-refractivity contribution in [3.63, 3.8) is 0 Å². The van der Waals surface area contributed by atoms with Gasteiger partial charge in [-0.1, -0.05) is 12.1 Å². The first-order valence-electron chi connectivity index (χ1n) is 8.49. The van der Waals surface area contributed by atoms with Gasteiger partial charge in [0, 0.05) is 29.4 Å². The molecule has 1 amide bonds. The van der Waals surface area contributed by atoms with Crippen LogP contribution in [-0.2, 0) is 17.9 Å². The van der Waals surface area contributed by atoms with Gasteiger partial charge in [0.25, 0.3) is 5.56 Å². The van der Waals surface area contributed by atoms with Gasteiger partial charge in [-0.3, -0.25) is 14.2 Å². The van der Waals surface area contributed by atoms with Crippen LogP contribution in [0.2, 0.25) is 0 Å². The van der Waals surface area contributed by atoms with Crippen molar-refractivity contribution < 1.29 is 4.79 Å². The molecule has 0 saturated heterocycles. The van der Waals surface area contributed by atoms with Crippen molar-refractivity contribution in [2.75, 3.05) is 5.32 Å². The summed E-state index contributed by atoms with van der Waals surface area (Å²) >= 11 is 1.53. The quantitative estimate of drug-likeness (QED) is 0.710. The van der Waals surface area contributed by atoms with Crippen molar-refractivity contribution in [2.45, 2.75) is 26.9 Å². The summed E-state index contributed by atoms with van der Waals surface area (Å²) in [5.74, 6) is -0.538. The Hall–Kier alpha value is -3.51. The maximum atomic E-state index is 12.4. The van der Waals surface area contributed by atoms with Crippen LogP contribution >= 0.6 is 11.3 Å². The lowest BCUT2D eigenvalue weighted by atomic mass is 10.1. The van der Waals surface area contributed by atoms with Crippen LogP contribution in [0.25, 0.3) is 11.3 Å². The number of nitrogens with zero attached hydrogens (tertiary/aromatic N) is 4. The van der Waals surface area contributed by atoms with Crippen molar-refractivity contribution in [3.05, 3.63) is 67.3 Å². The Morgan fingerprint density at radius 1 is 1.36 bits per heavy atom. The smallest absolute Gasteiger partial charge is 0.325 e. The van der Waals surface area contributed by atoms with Crippen LogP contribution in [0.5, 0.6) is 0 Å². The summed E-state index contributed by atoms with van der Waals surface area (Å²) in [6.07, 6.45) is 1.21. The third-order valence-corrected chi connectivity index (χ3v) is 4.83. The Morgan fingerprint density at radius 2 is 2.14 bits per heavy atom. The van der Waals surface area contributed by atoms with Crippen molar-refractivity contribution in [1.82, 2.24) is 14.1 Å². The largest absolute Gasteiger partial charge is 0.331 e. The fourth-order valence-corrected chi connectivity index (χ4v) is 3.31. The maximum absolute atomic E-state index is 12.4. The molecule has 0 fully saturated rings. The second-order valence-electron chi connectivity index (χ2n) is 6.00. The van der Waals surface area contributed by atoms with Gasteiger partial charge in [-0.15, -0.1) is 11.3 Å². The van der Waals surface area contributed by atoms with E-state index in [-0.39, 0.29) is 12.1 Å². The number of nitrogens with one attached hydrogen (secondary N) is 1. The molecule has 0 bridgehead atoms. The van der Waals surface area contributed by atoms with Crippen molar-refractivity contribution >= 4 is 22.9 Å². The number of hydrogen-bond donors (Lipinski definition) is 1. The van der Waals surface area contributed by atoms with E-state index in [0.29, 0.717) is 5.69 Å². The molecule has 0 atom stereocenters. The van der Waals surface area contributed by atoms with Gasteiger partial charge >= 0.3 is 5.69 Å². The van der Waals surface area contributed by atoms with E-state index in [9.17, 15) is 14.4 Å². The minimum atomic E-state index is -0.779. The summed E-state index contributed by atoms with van der Waals surface area (Å²) < 4.78 is 1.99. The van der Waals surface area contributed by atoms with Crippen LogP contribution in [0, 0.1) is 18.3 Å². The van der Waals surface area contributed by atoms with E-state index in [1.165, 1.54) is 22.1 Å². The number of carbonyl (C=O) groups is 1. The van der Waals surface area contributed by atoms with Crippen LogP contribution in [0.15, 0.2) is 45.4 Å². The molecule has 0 saturated carbocycles. The first-order valence-corrected chi connectivity index (χ1v) is 9.37. The molecule has 142 valence electrons. The highest BCUT2D eigenvalue weighted by molar-refractivity contribution is 7.09. The van der Waals surface area contributed by atoms with E-state index in [2.05, 4.69) is 10.3 Å². The summed E-state index contributed by atoms with van der Waals surface area (Å²) in [6, 6.07) is 8.90. The molecular formula is C19H17N5O3S. The predicted octanol–water partition coefficient (Wildman–Crippen LogP) is 1.97. The highest BCUT2D eigenvalue weighted by atomic mass is 32.1. The lowest BCUT2D eigenvalue weighted by Crippen LogP contribution is -2.43. The first-order chi connectivity index (χ1) is 13.4. The third-order valence-electron chi connectivity index (χ3n) is 4.06. The topological polar surface area (TPSA) is 110 Å². The summed E-state index contributed by atoms with van der Waals surface area (Å²) in [5, 5.41) is 14.6. The second-order valence-corrected chi connectivity index (χ2v) is 7.06. The number of amides is 1. The normalized spacial score (nSPS) is 10.5. The molecular weight excluding hydrogens is 378 g/mol. The van der Waals surface area contributed by atoms with Crippen LogP contribution in [0.4, 0.5) is 5.69 Å². The number of nitriles is 1. The van der Waals surface area contributed by atoms with Gasteiger partial charge in [-0.25, -0.2) is 14.3 Å². The molecule has 0 aliphatic rings. The summed E-state index contributed by atoms with van der Waals surface area (Å²) in [6.45, 7) is 3.43. The molecule has 8 nitrogen and oxygen atoms in total. The number of carbonyl (C=O) groups excluding carboxylic acids is 1. The summed E-state index contributed by atoms with van der Waals surface area (Å²) in [7, 11) is 0. The number of anilines is 1. The lowest BCUT2D eigenvalue weighted by Gasteiger charge is -2.10. The fourth-order valence-electron chi connectivity index (χ4n) is 2.69. The van der Waals surface area contributed by atoms with E-state index in [0.717, 1.165) is 20.8 Å². The Balaban J connectivity index is 1.85. The molecule has 3 aromatic rings. The van der Waals surface area contributed by atoms with E-state index >= 15 is 0 Å². The number of benzene rings is 1. The summed E-state index contributed by atoms with van der Waals surface area (Å²) in [4.78, 5) is 41.4. The number of rotatable bonds is 5. The van der Waals surface area contributed by atoms with Gasteiger partial charge in [0.05, 0.1) is 10.7 Å². The zero-order valence-corrected chi connectivity index (χ0v) is 16.1. The molecule has 28 heavy (non-hydrogen) atoms. The fraction of sp³-hybridized carbons (Fsp3) is 0.211. The Morgan fingerprint density at radius 3 is 2.79 bits per heavy atom. The first kappa shape index (κ1) is 19.3. The molecule has 3 rings (SSSR count). The predicted molar refractivity (Wildman–Crippen MR) is 106 cm³/mol. The van der Waals surface area contributed by atoms with Crippen LogP contribution < -0.4 is 16.6 Å². The van der Waals surface area contributed by atoms with Crippen LogP contribution in [0.1, 0.15) is 17.5 Å². The molecule has 1 aromatic carbocycles. The highest BCUT2D eigenvalue weighted by Crippen LogP contribution is 2.24. The second kappa shape index (κ2) is 8.02. The molecule has 1 N–H and O–H groups in total. The van der Waals surface area contributed by atoms with Crippen molar-refractivity contribution in [2.24, 2.45) is 0 Å². The Kier molecular flexibility index (Phi) is 5.52. The minimum absolute atomic E-state index is 0.185. The maximum Gasteiger partial charge on any atom is 0.331 e. The standard InChI is InChI=1S/C19H17N5O3S/c1-3-23-9-14(8-20)18(26)24(19(23)27)10-17(25)22-15-6-4-5-13(7-15)16-11-28-12(2)21-16/h4-7,9,11H,3,10H2,1-2H3,(H,22,25). The molecule has 0 spiro atoms. The molecule has 0 unspecified atom stereocenters. The molecule has 0 aliphatic heterocycles. The van der Waals surface area contributed by atoms with E-state index in [1.807, 2.05) is 18.4 Å². The Bertz CT molecular complexity index is 1200.